The zero-order valence-electron chi connectivity index (χ0n) is 15.3. The van der Waals surface area contributed by atoms with Crippen molar-refractivity contribution in [2.24, 2.45) is 5.92 Å². The van der Waals surface area contributed by atoms with Gasteiger partial charge in [-0.3, -0.25) is 4.79 Å². The number of phenols is 1. The zero-order valence-corrected chi connectivity index (χ0v) is 15.3. The summed E-state index contributed by atoms with van der Waals surface area (Å²) < 4.78 is 10.8. The molecule has 2 aliphatic rings. The Kier molecular flexibility index (Phi) is 5.96. The number of aliphatic hydroxyl groups is 1. The van der Waals surface area contributed by atoms with Crippen LogP contribution < -0.4 is 4.74 Å². The molecule has 0 spiro atoms. The molecular weight excluding hydrogens is 348 g/mol. The topological polar surface area (TPSA) is 93.1 Å². The molecule has 1 aliphatic carbocycles. The monoisotopic (exact) mass is 372 g/mol. The summed E-state index contributed by atoms with van der Waals surface area (Å²) in [5.74, 6) is -0.611. The van der Waals surface area contributed by atoms with Crippen molar-refractivity contribution in [3.63, 3.8) is 0 Å². The molecule has 144 valence electrons. The number of carbonyl (C=O) groups is 2. The normalized spacial score (nSPS) is 28.4. The van der Waals surface area contributed by atoms with E-state index in [0.717, 1.165) is 12.8 Å². The van der Waals surface area contributed by atoms with E-state index in [1.165, 1.54) is 19.3 Å². The van der Waals surface area contributed by atoms with Crippen LogP contribution in [-0.4, -0.2) is 41.3 Å². The van der Waals surface area contributed by atoms with Crippen LogP contribution in [0, 0.1) is 5.92 Å². The van der Waals surface area contributed by atoms with Crippen LogP contribution in [0.3, 0.4) is 0 Å². The highest BCUT2D eigenvalue weighted by Crippen LogP contribution is 2.34. The number of ketones is 1. The number of hydrogen-bond donors (Lipinski definition) is 2. The smallest absolute Gasteiger partial charge is 0.342 e. The number of hydrogen-bond acceptors (Lipinski definition) is 6. The molecule has 0 amide bonds. The number of phenolic OH excluding ortho intramolecular Hbond substituents is 1. The summed E-state index contributed by atoms with van der Waals surface area (Å²) in [6.07, 6.45) is 8.10. The first-order chi connectivity index (χ1) is 13.0. The second-order valence-corrected chi connectivity index (χ2v) is 6.97. The van der Waals surface area contributed by atoms with Crippen LogP contribution in [0.25, 0.3) is 6.08 Å². The maximum atomic E-state index is 12.8. The highest BCUT2D eigenvalue weighted by Gasteiger charge is 2.31. The molecule has 1 unspecified atom stereocenters. The van der Waals surface area contributed by atoms with E-state index in [9.17, 15) is 19.8 Å². The van der Waals surface area contributed by atoms with Gasteiger partial charge in [0.2, 0.25) is 0 Å². The first kappa shape index (κ1) is 19.2. The molecule has 6 heteroatoms. The first-order valence-corrected chi connectivity index (χ1v) is 9.15. The molecule has 1 aliphatic heterocycles. The van der Waals surface area contributed by atoms with Crippen molar-refractivity contribution < 1.29 is 29.3 Å². The van der Waals surface area contributed by atoms with Crippen molar-refractivity contribution in [3.05, 3.63) is 41.5 Å². The number of methoxy groups -OCH3 is 1. The van der Waals surface area contributed by atoms with Crippen LogP contribution in [0.5, 0.6) is 11.5 Å². The Morgan fingerprint density at radius 3 is 2.78 bits per heavy atom. The number of esters is 1. The summed E-state index contributed by atoms with van der Waals surface area (Å²) in [5, 5.41) is 20.4. The van der Waals surface area contributed by atoms with E-state index in [0.29, 0.717) is 17.7 Å². The SMILES string of the molecule is COc1cc(O)c2c(c1)/C=C/C[C@@H](O)CC(=O)/C=C\[C@H]1CCCC1OC2=O. The molecule has 27 heavy (non-hydrogen) atoms. The highest BCUT2D eigenvalue weighted by molar-refractivity contribution is 5.97. The Morgan fingerprint density at radius 1 is 1.19 bits per heavy atom. The molecule has 0 aromatic heterocycles. The number of benzene rings is 1. The van der Waals surface area contributed by atoms with Crippen LogP contribution in [0.15, 0.2) is 30.4 Å². The number of carbonyl (C=O) groups excluding carboxylic acids is 2. The average Bonchev–Trinajstić information content (AvgIpc) is 3.05. The third kappa shape index (κ3) is 4.57. The predicted molar refractivity (Wildman–Crippen MR) is 99.6 cm³/mol. The van der Waals surface area contributed by atoms with Gasteiger partial charge in [0, 0.05) is 18.4 Å². The fourth-order valence-corrected chi connectivity index (χ4v) is 3.58. The molecule has 2 N–H and O–H groups in total. The summed E-state index contributed by atoms with van der Waals surface area (Å²) in [5.41, 5.74) is 0.516. The molecule has 3 rings (SSSR count). The number of aromatic hydroxyl groups is 1. The molecule has 3 atom stereocenters. The maximum Gasteiger partial charge on any atom is 0.342 e. The maximum absolute atomic E-state index is 12.8. The predicted octanol–water partition coefficient (Wildman–Crippen LogP) is 3.02. The van der Waals surface area contributed by atoms with Gasteiger partial charge < -0.3 is 19.7 Å². The summed E-state index contributed by atoms with van der Waals surface area (Å²) in [6, 6.07) is 3.00. The number of rotatable bonds is 1. The van der Waals surface area contributed by atoms with Gasteiger partial charge in [0.25, 0.3) is 0 Å². The van der Waals surface area contributed by atoms with Gasteiger partial charge in [0.05, 0.1) is 13.2 Å². The molecule has 1 fully saturated rings. The second-order valence-electron chi connectivity index (χ2n) is 6.97. The standard InChI is InChI=1S/C21H24O6/c1-26-17-10-14-5-2-6-15(22)11-16(23)9-8-13-4-3-7-19(13)27-21(25)20(14)18(24)12-17/h2,5,8-10,12-13,15,19,22,24H,3-4,6-7,11H2,1H3/b5-2+,9-8-/t13-,15-,19?/m1/s1. The summed E-state index contributed by atoms with van der Waals surface area (Å²) >= 11 is 0. The number of aliphatic hydroxyl groups excluding tert-OH is 1. The van der Waals surface area contributed by atoms with Crippen LogP contribution in [0.4, 0.5) is 0 Å². The van der Waals surface area contributed by atoms with Crippen LogP contribution >= 0.6 is 0 Å². The minimum atomic E-state index is -0.810. The second kappa shape index (κ2) is 8.39. The van der Waals surface area contributed by atoms with Gasteiger partial charge in [-0.25, -0.2) is 4.79 Å². The number of fused-ring (bicyclic) bond motifs is 2. The summed E-state index contributed by atoms with van der Waals surface area (Å²) in [4.78, 5) is 24.8. The summed E-state index contributed by atoms with van der Waals surface area (Å²) in [7, 11) is 1.47. The molecule has 1 aromatic carbocycles. The number of ether oxygens (including phenoxy) is 2. The Labute approximate surface area is 158 Å². The lowest BCUT2D eigenvalue weighted by Gasteiger charge is -2.19. The third-order valence-corrected chi connectivity index (χ3v) is 5.00. The first-order valence-electron chi connectivity index (χ1n) is 9.15. The minimum Gasteiger partial charge on any atom is -0.507 e. The lowest BCUT2D eigenvalue weighted by molar-refractivity contribution is -0.116. The van der Waals surface area contributed by atoms with E-state index in [2.05, 4.69) is 0 Å². The van der Waals surface area contributed by atoms with Crippen molar-refractivity contribution in [3.8, 4) is 11.5 Å². The van der Waals surface area contributed by atoms with Crippen molar-refractivity contribution in [1.82, 2.24) is 0 Å². The molecule has 0 bridgehead atoms. The van der Waals surface area contributed by atoms with Gasteiger partial charge in [-0.15, -0.1) is 0 Å². The van der Waals surface area contributed by atoms with Gasteiger partial charge in [-0.05, 0) is 43.4 Å². The summed E-state index contributed by atoms with van der Waals surface area (Å²) in [6.45, 7) is 0. The van der Waals surface area contributed by atoms with E-state index in [-0.39, 0.29) is 42.0 Å². The van der Waals surface area contributed by atoms with E-state index < -0.39 is 12.1 Å². The quantitative estimate of drug-likeness (QED) is 0.736. The molecule has 0 saturated heterocycles. The van der Waals surface area contributed by atoms with Crippen molar-refractivity contribution in [1.29, 1.82) is 0 Å². The fourth-order valence-electron chi connectivity index (χ4n) is 3.58. The van der Waals surface area contributed by atoms with Crippen LogP contribution in [0.2, 0.25) is 0 Å². The van der Waals surface area contributed by atoms with Crippen LogP contribution in [-0.2, 0) is 9.53 Å². The molecule has 1 heterocycles. The van der Waals surface area contributed by atoms with E-state index in [1.54, 1.807) is 24.3 Å². The van der Waals surface area contributed by atoms with Gasteiger partial charge in [0.1, 0.15) is 23.2 Å². The average molecular weight is 372 g/mol. The van der Waals surface area contributed by atoms with Gasteiger partial charge in [0.15, 0.2) is 5.78 Å². The lowest BCUT2D eigenvalue weighted by atomic mass is 10.0. The van der Waals surface area contributed by atoms with Crippen LogP contribution in [0.1, 0.15) is 48.0 Å². The Bertz CT molecular complexity index is 779. The zero-order chi connectivity index (χ0) is 19.4. The molecule has 1 saturated carbocycles. The van der Waals surface area contributed by atoms with Gasteiger partial charge >= 0.3 is 5.97 Å². The lowest BCUT2D eigenvalue weighted by Crippen LogP contribution is -2.22. The highest BCUT2D eigenvalue weighted by atomic mass is 16.5. The largest absolute Gasteiger partial charge is 0.507 e. The minimum absolute atomic E-state index is 0.0359. The molecule has 0 radical (unpaired) electrons. The van der Waals surface area contributed by atoms with Crippen molar-refractivity contribution >= 4 is 17.8 Å². The van der Waals surface area contributed by atoms with Gasteiger partial charge in [-0.1, -0.05) is 18.2 Å². The van der Waals surface area contributed by atoms with Crippen molar-refractivity contribution in [2.45, 2.75) is 44.3 Å². The Morgan fingerprint density at radius 2 is 2.00 bits per heavy atom. The Balaban J connectivity index is 2.00. The van der Waals surface area contributed by atoms with Crippen molar-refractivity contribution in [2.75, 3.05) is 7.11 Å². The van der Waals surface area contributed by atoms with E-state index in [1.807, 2.05) is 0 Å². The fraction of sp³-hybridized carbons (Fsp3) is 0.429. The van der Waals surface area contributed by atoms with Gasteiger partial charge in [-0.2, -0.15) is 0 Å². The third-order valence-electron chi connectivity index (χ3n) is 5.00. The number of allylic oxidation sites excluding steroid dienone is 1. The Hall–Kier alpha value is -2.60. The van der Waals surface area contributed by atoms with E-state index >= 15 is 0 Å². The van der Waals surface area contributed by atoms with E-state index in [4.69, 9.17) is 9.47 Å². The molecule has 6 nitrogen and oxygen atoms in total. The molecule has 1 aromatic rings. The molecular formula is C21H24O6.